The average molecular weight is 439 g/mol. The quantitative estimate of drug-likeness (QED) is 0.285. The first-order valence-corrected chi connectivity index (χ1v) is 14.2. The largest absolute Gasteiger partial charge is 0.447 e. The Hall–Kier alpha value is -0.653. The van der Waals surface area contributed by atoms with Gasteiger partial charge < -0.3 is 18.7 Å². The number of hydrogen-bond acceptors (Lipinski definition) is 4. The molecular formula is C25H46O4Si. The van der Waals surface area contributed by atoms with Crippen LogP contribution in [0.5, 0.6) is 0 Å². The molecule has 1 aliphatic heterocycles. The van der Waals surface area contributed by atoms with E-state index in [2.05, 4.69) is 55.4 Å². The monoisotopic (exact) mass is 438 g/mol. The summed E-state index contributed by atoms with van der Waals surface area (Å²) in [5.74, 6) is 0.723. The second kappa shape index (κ2) is 9.87. The maximum Gasteiger partial charge on any atom is 0.319 e. The molecule has 0 amide bonds. The van der Waals surface area contributed by atoms with Gasteiger partial charge in [-0.2, -0.15) is 0 Å². The van der Waals surface area contributed by atoms with Gasteiger partial charge in [-0.05, 0) is 66.1 Å². The number of carbonyl (C=O) groups is 1. The molecule has 2 rings (SSSR count). The lowest BCUT2D eigenvalue weighted by Gasteiger charge is -2.54. The van der Waals surface area contributed by atoms with Crippen molar-refractivity contribution in [1.29, 1.82) is 0 Å². The van der Waals surface area contributed by atoms with E-state index in [-0.39, 0.29) is 11.7 Å². The molecule has 0 radical (unpaired) electrons. The van der Waals surface area contributed by atoms with E-state index in [0.717, 1.165) is 12.8 Å². The number of fused-ring (bicyclic) bond motifs is 1. The molecule has 0 aromatic heterocycles. The van der Waals surface area contributed by atoms with Gasteiger partial charge in [0, 0.05) is 13.5 Å². The van der Waals surface area contributed by atoms with Crippen molar-refractivity contribution >= 4 is 14.1 Å². The summed E-state index contributed by atoms with van der Waals surface area (Å²) in [7, 11) is -0.461. The van der Waals surface area contributed by atoms with Crippen LogP contribution in [0.3, 0.4) is 0 Å². The topological polar surface area (TPSA) is 44.8 Å². The van der Waals surface area contributed by atoms with Gasteiger partial charge in [-0.25, -0.2) is 0 Å². The molecule has 0 aromatic rings. The number of methoxy groups -OCH3 is 1. The normalized spacial score (nSPS) is 32.2. The predicted octanol–water partition coefficient (Wildman–Crippen LogP) is 7.06. The fraction of sp³-hybridized carbons (Fsp3) is 0.880. The van der Waals surface area contributed by atoms with Gasteiger partial charge in [-0.15, -0.1) is 0 Å². The van der Waals surface area contributed by atoms with Crippen molar-refractivity contribution in [2.75, 3.05) is 7.11 Å². The van der Waals surface area contributed by atoms with Gasteiger partial charge in [0.1, 0.15) is 5.78 Å². The van der Waals surface area contributed by atoms with Crippen molar-refractivity contribution in [1.82, 2.24) is 0 Å². The van der Waals surface area contributed by atoms with E-state index in [4.69, 9.17) is 13.9 Å². The number of Topliss-reactive ketones (excluding diaryl/α,β-unsaturated/α-hetero) is 1. The lowest BCUT2D eigenvalue weighted by atomic mass is 9.65. The van der Waals surface area contributed by atoms with Crippen LogP contribution in [0.1, 0.15) is 88.0 Å². The highest BCUT2D eigenvalue weighted by atomic mass is 28.4. The molecule has 0 saturated heterocycles. The Balaban J connectivity index is 2.42. The van der Waals surface area contributed by atoms with Gasteiger partial charge in [0.25, 0.3) is 0 Å². The van der Waals surface area contributed by atoms with Crippen molar-refractivity contribution in [2.45, 2.75) is 111 Å². The van der Waals surface area contributed by atoms with Crippen LogP contribution in [-0.2, 0) is 18.7 Å². The summed E-state index contributed by atoms with van der Waals surface area (Å²) in [6.45, 7) is 20.0. The van der Waals surface area contributed by atoms with Gasteiger partial charge in [-0.3, -0.25) is 0 Å². The zero-order valence-electron chi connectivity index (χ0n) is 21.1. The summed E-state index contributed by atoms with van der Waals surface area (Å²) < 4.78 is 19.6. The van der Waals surface area contributed by atoms with Crippen LogP contribution in [0.25, 0.3) is 0 Å². The van der Waals surface area contributed by atoms with Gasteiger partial charge in [-0.1, -0.05) is 55.4 Å². The van der Waals surface area contributed by atoms with Crippen LogP contribution in [0.4, 0.5) is 0 Å². The summed E-state index contributed by atoms with van der Waals surface area (Å²) >= 11 is 0. The van der Waals surface area contributed by atoms with Crippen LogP contribution >= 0.6 is 0 Å². The number of hydrogen-bond donors (Lipinski definition) is 0. The Bertz CT molecular complexity index is 605. The minimum absolute atomic E-state index is 0.109. The Morgan fingerprint density at radius 2 is 1.70 bits per heavy atom. The second-order valence-electron chi connectivity index (χ2n) is 10.8. The first-order valence-electron chi connectivity index (χ1n) is 12.0. The summed E-state index contributed by atoms with van der Waals surface area (Å²) in [4.78, 5) is 11.6. The molecule has 4 nitrogen and oxygen atoms in total. The highest BCUT2D eigenvalue weighted by molar-refractivity contribution is 6.77. The minimum atomic E-state index is -2.19. The van der Waals surface area contributed by atoms with Gasteiger partial charge in [0.15, 0.2) is 0 Å². The third-order valence-electron chi connectivity index (χ3n) is 8.11. The van der Waals surface area contributed by atoms with Crippen molar-refractivity contribution in [2.24, 2.45) is 23.7 Å². The van der Waals surface area contributed by atoms with E-state index in [1.807, 2.05) is 6.26 Å². The number of ketones is 1. The van der Waals surface area contributed by atoms with Gasteiger partial charge in [0.05, 0.1) is 12.2 Å². The summed E-state index contributed by atoms with van der Waals surface area (Å²) in [5.41, 5.74) is 2.74. The zero-order valence-corrected chi connectivity index (χ0v) is 22.1. The van der Waals surface area contributed by atoms with E-state index in [0.29, 0.717) is 40.8 Å². The maximum atomic E-state index is 11.6. The molecule has 0 aromatic carbocycles. The van der Waals surface area contributed by atoms with Crippen LogP contribution in [0.15, 0.2) is 11.8 Å². The third-order valence-corrected chi connectivity index (χ3v) is 14.2. The van der Waals surface area contributed by atoms with E-state index >= 15 is 0 Å². The predicted molar refractivity (Wildman–Crippen MR) is 125 cm³/mol. The highest BCUT2D eigenvalue weighted by Crippen LogP contribution is 2.53. The molecule has 0 spiro atoms. The highest BCUT2D eigenvalue weighted by Gasteiger charge is 2.57. The van der Waals surface area contributed by atoms with Gasteiger partial charge >= 0.3 is 5.97 Å². The molecule has 0 bridgehead atoms. The Morgan fingerprint density at radius 3 is 2.17 bits per heavy atom. The fourth-order valence-electron chi connectivity index (χ4n) is 6.43. The zero-order chi connectivity index (χ0) is 22.9. The van der Waals surface area contributed by atoms with Crippen molar-refractivity contribution in [3.05, 3.63) is 11.8 Å². The second-order valence-corrected chi connectivity index (χ2v) is 16.1. The Labute approximate surface area is 186 Å². The first kappa shape index (κ1) is 25.6. The Morgan fingerprint density at radius 1 is 1.13 bits per heavy atom. The third kappa shape index (κ3) is 4.58. The number of rotatable bonds is 9. The van der Waals surface area contributed by atoms with Crippen LogP contribution < -0.4 is 0 Å². The Kier molecular flexibility index (Phi) is 8.42. The fourth-order valence-corrected chi connectivity index (χ4v) is 12.0. The molecule has 1 heterocycles. The first-order chi connectivity index (χ1) is 13.9. The van der Waals surface area contributed by atoms with E-state index in [1.54, 1.807) is 14.0 Å². The van der Waals surface area contributed by atoms with Crippen LogP contribution in [0, 0.1) is 23.7 Å². The van der Waals surface area contributed by atoms with Crippen molar-refractivity contribution in [3.63, 3.8) is 0 Å². The van der Waals surface area contributed by atoms with Gasteiger partial charge in [0.2, 0.25) is 8.32 Å². The molecule has 0 N–H and O–H groups in total. The standard InChI is InChI=1S/C25H46O4Si/c1-16(2)30(17(3)4,18(5)6)29-25(27-10)21(9)23-13-11-19(7)22(14-12-20(8)26)24(23)15-28-25/h15-19,21-23H,11-14H2,1-10H3/t19-,21?,22+,23?,25?/m1/s1. The molecule has 1 fully saturated rings. The van der Waals surface area contributed by atoms with E-state index in [1.165, 1.54) is 12.0 Å². The summed E-state index contributed by atoms with van der Waals surface area (Å²) in [6.07, 6.45) is 5.81. The number of ether oxygens (including phenoxy) is 2. The van der Waals surface area contributed by atoms with Crippen LogP contribution in [0.2, 0.25) is 16.6 Å². The number of carbonyl (C=O) groups excluding carboxylic acids is 1. The maximum absolute atomic E-state index is 11.6. The van der Waals surface area contributed by atoms with E-state index < -0.39 is 14.3 Å². The minimum Gasteiger partial charge on any atom is -0.447 e. The smallest absolute Gasteiger partial charge is 0.319 e. The molecule has 2 aliphatic rings. The molecule has 1 saturated carbocycles. The van der Waals surface area contributed by atoms with Crippen LogP contribution in [-0.4, -0.2) is 27.2 Å². The molecule has 5 heteroatoms. The molecule has 1 aliphatic carbocycles. The summed E-state index contributed by atoms with van der Waals surface area (Å²) in [5, 5.41) is 0. The molecular weight excluding hydrogens is 392 g/mol. The lowest BCUT2D eigenvalue weighted by Crippen LogP contribution is -2.60. The molecule has 30 heavy (non-hydrogen) atoms. The summed E-state index contributed by atoms with van der Waals surface area (Å²) in [6, 6.07) is 0. The average Bonchev–Trinajstić information content (AvgIpc) is 2.66. The molecule has 3 unspecified atom stereocenters. The number of allylic oxidation sites excluding steroid dienone is 1. The SMILES string of the molecule is COC1(O[Si](C(C)C)(C(C)C)C(C)C)OC=C2C(CC[C@@H](C)[C@@H]2CCC(C)=O)C1C. The van der Waals surface area contributed by atoms with Crippen molar-refractivity contribution in [3.8, 4) is 0 Å². The van der Waals surface area contributed by atoms with Crippen molar-refractivity contribution < 1.29 is 18.7 Å². The lowest BCUT2D eigenvalue weighted by molar-refractivity contribution is -0.357. The molecule has 174 valence electrons. The van der Waals surface area contributed by atoms with E-state index in [9.17, 15) is 4.79 Å². The molecule has 5 atom stereocenters.